The minimum atomic E-state index is -0.579. The first-order chi connectivity index (χ1) is 6.74. The third-order valence-electron chi connectivity index (χ3n) is 1.92. The summed E-state index contributed by atoms with van der Waals surface area (Å²) in [6.07, 6.45) is 0. The summed E-state index contributed by atoms with van der Waals surface area (Å²) in [5.74, 6) is -0.402. The number of thiophene rings is 1. The normalized spacial score (nSPS) is 10.7. The number of benzene rings is 1. The highest BCUT2D eigenvalue weighted by Crippen LogP contribution is 2.37. The third-order valence-corrected chi connectivity index (χ3v) is 2.85. The van der Waals surface area contributed by atoms with Gasteiger partial charge in [0.05, 0.1) is 11.3 Å². The number of halogens is 1. The quantitative estimate of drug-likeness (QED) is 0.828. The second-order valence-electron chi connectivity index (χ2n) is 2.80. The minimum absolute atomic E-state index is 0.362. The van der Waals surface area contributed by atoms with E-state index in [2.05, 4.69) is 0 Å². The fraction of sp³-hybridized carbons (Fsp3) is 0.200. The van der Waals surface area contributed by atoms with Crippen molar-refractivity contribution in [2.24, 2.45) is 0 Å². The van der Waals surface area contributed by atoms with Gasteiger partial charge in [-0.15, -0.1) is 11.3 Å². The second kappa shape index (κ2) is 3.46. The van der Waals surface area contributed by atoms with Gasteiger partial charge in [-0.25, -0.2) is 4.39 Å². The summed E-state index contributed by atoms with van der Waals surface area (Å²) in [6.45, 7) is 2.35. The lowest BCUT2D eigenvalue weighted by molar-refractivity contribution is 0.340. The van der Waals surface area contributed by atoms with Crippen molar-refractivity contribution in [3.05, 3.63) is 23.3 Å². The van der Waals surface area contributed by atoms with Gasteiger partial charge in [-0.1, -0.05) is 0 Å². The Bertz CT molecular complexity index is 464. The first kappa shape index (κ1) is 9.27. The fourth-order valence-electron chi connectivity index (χ4n) is 1.33. The Morgan fingerprint density at radius 1 is 1.57 bits per heavy atom. The van der Waals surface area contributed by atoms with Gasteiger partial charge >= 0.3 is 0 Å². The average molecular weight is 212 g/mol. The molecular formula is C10H9FO2S. The highest BCUT2D eigenvalue weighted by molar-refractivity contribution is 7.17. The molecule has 4 heteroatoms. The molecule has 0 radical (unpaired) electrons. The molecule has 0 saturated carbocycles. The van der Waals surface area contributed by atoms with Crippen LogP contribution >= 0.6 is 11.3 Å². The number of phenols is 1. The Hall–Kier alpha value is -1.29. The van der Waals surface area contributed by atoms with Gasteiger partial charge < -0.3 is 9.84 Å². The Balaban J connectivity index is 2.71. The Labute approximate surface area is 84.6 Å². The summed E-state index contributed by atoms with van der Waals surface area (Å²) >= 11 is 1.40. The number of hydrogen-bond donors (Lipinski definition) is 1. The molecule has 0 atom stereocenters. The molecule has 0 unspecified atom stereocenters. The molecule has 1 aromatic heterocycles. The van der Waals surface area contributed by atoms with Crippen LogP contribution in [-0.2, 0) is 0 Å². The maximum absolute atomic E-state index is 13.4. The fourth-order valence-corrected chi connectivity index (χ4v) is 2.19. The van der Waals surface area contributed by atoms with Crippen molar-refractivity contribution in [2.75, 3.05) is 6.61 Å². The maximum atomic E-state index is 13.4. The van der Waals surface area contributed by atoms with E-state index in [0.717, 1.165) is 4.70 Å². The summed E-state index contributed by atoms with van der Waals surface area (Å²) in [7, 11) is 0. The SMILES string of the molecule is CCOc1cc(O)c(F)c2ccsc12. The molecule has 2 rings (SSSR count). The van der Waals surface area contributed by atoms with Crippen molar-refractivity contribution in [3.8, 4) is 11.5 Å². The van der Waals surface area contributed by atoms with Crippen LogP contribution < -0.4 is 4.74 Å². The maximum Gasteiger partial charge on any atom is 0.173 e. The van der Waals surface area contributed by atoms with E-state index in [0.29, 0.717) is 17.7 Å². The van der Waals surface area contributed by atoms with E-state index in [1.165, 1.54) is 17.4 Å². The first-order valence-corrected chi connectivity index (χ1v) is 5.13. The number of ether oxygens (including phenoxy) is 1. The van der Waals surface area contributed by atoms with Crippen molar-refractivity contribution < 1.29 is 14.2 Å². The third kappa shape index (κ3) is 1.32. The number of rotatable bonds is 2. The average Bonchev–Trinajstić information content (AvgIpc) is 2.63. The number of fused-ring (bicyclic) bond motifs is 1. The van der Waals surface area contributed by atoms with E-state index < -0.39 is 5.82 Å². The van der Waals surface area contributed by atoms with Crippen molar-refractivity contribution in [3.63, 3.8) is 0 Å². The predicted molar refractivity (Wildman–Crippen MR) is 54.6 cm³/mol. The standard InChI is InChI=1S/C10H9FO2S/c1-2-13-8-5-7(12)9(11)6-3-4-14-10(6)8/h3-5,12H,2H2,1H3. The largest absolute Gasteiger partial charge is 0.505 e. The van der Waals surface area contributed by atoms with Crippen LogP contribution in [0, 0.1) is 5.82 Å². The van der Waals surface area contributed by atoms with Crippen LogP contribution in [0.25, 0.3) is 10.1 Å². The van der Waals surface area contributed by atoms with Crippen LogP contribution in [0.3, 0.4) is 0 Å². The van der Waals surface area contributed by atoms with Gasteiger partial charge in [-0.2, -0.15) is 0 Å². The minimum Gasteiger partial charge on any atom is -0.505 e. The highest BCUT2D eigenvalue weighted by Gasteiger charge is 2.12. The Morgan fingerprint density at radius 2 is 2.36 bits per heavy atom. The topological polar surface area (TPSA) is 29.5 Å². The van der Waals surface area contributed by atoms with E-state index >= 15 is 0 Å². The molecule has 0 saturated heterocycles. The number of aromatic hydroxyl groups is 1. The molecule has 2 nitrogen and oxygen atoms in total. The molecule has 0 amide bonds. The molecule has 1 heterocycles. The molecule has 0 bridgehead atoms. The molecule has 74 valence electrons. The van der Waals surface area contributed by atoms with Crippen molar-refractivity contribution >= 4 is 21.4 Å². The van der Waals surface area contributed by atoms with E-state index in [9.17, 15) is 9.50 Å². The second-order valence-corrected chi connectivity index (χ2v) is 3.72. The lowest BCUT2D eigenvalue weighted by Crippen LogP contribution is -1.92. The van der Waals surface area contributed by atoms with Gasteiger partial charge in [0.25, 0.3) is 0 Å². The van der Waals surface area contributed by atoms with Crippen LogP contribution in [0.15, 0.2) is 17.5 Å². The van der Waals surface area contributed by atoms with Crippen LogP contribution in [0.4, 0.5) is 4.39 Å². The number of hydrogen-bond acceptors (Lipinski definition) is 3. The van der Waals surface area contributed by atoms with E-state index in [4.69, 9.17) is 4.74 Å². The smallest absolute Gasteiger partial charge is 0.173 e. The van der Waals surface area contributed by atoms with E-state index in [-0.39, 0.29) is 5.75 Å². The predicted octanol–water partition coefficient (Wildman–Crippen LogP) is 3.14. The van der Waals surface area contributed by atoms with E-state index in [1.807, 2.05) is 6.92 Å². The highest BCUT2D eigenvalue weighted by atomic mass is 32.1. The lowest BCUT2D eigenvalue weighted by Gasteiger charge is -2.05. The molecule has 14 heavy (non-hydrogen) atoms. The molecule has 0 aliphatic heterocycles. The summed E-state index contributed by atoms with van der Waals surface area (Å²) < 4.78 is 19.4. The number of phenolic OH excluding ortho intramolecular Hbond substituents is 1. The van der Waals surface area contributed by atoms with Gasteiger partial charge in [-0.3, -0.25) is 0 Å². The molecular weight excluding hydrogens is 203 g/mol. The zero-order chi connectivity index (χ0) is 10.1. The van der Waals surface area contributed by atoms with Gasteiger partial charge in [0.15, 0.2) is 11.6 Å². The molecule has 0 aliphatic carbocycles. The van der Waals surface area contributed by atoms with Crippen molar-refractivity contribution in [1.82, 2.24) is 0 Å². The van der Waals surface area contributed by atoms with Crippen molar-refractivity contribution in [2.45, 2.75) is 6.92 Å². The van der Waals surface area contributed by atoms with Gasteiger partial charge in [-0.05, 0) is 18.4 Å². The molecule has 0 spiro atoms. The Kier molecular flexibility index (Phi) is 2.29. The Morgan fingerprint density at radius 3 is 3.07 bits per heavy atom. The zero-order valence-electron chi connectivity index (χ0n) is 7.58. The van der Waals surface area contributed by atoms with Gasteiger partial charge in [0.2, 0.25) is 0 Å². The summed E-state index contributed by atoms with van der Waals surface area (Å²) in [4.78, 5) is 0. The molecule has 1 N–H and O–H groups in total. The monoisotopic (exact) mass is 212 g/mol. The van der Waals surface area contributed by atoms with Crippen LogP contribution in [0.2, 0.25) is 0 Å². The van der Waals surface area contributed by atoms with Gasteiger partial charge in [0, 0.05) is 11.5 Å². The molecule has 1 aromatic carbocycles. The summed E-state index contributed by atoms with van der Waals surface area (Å²) in [6, 6.07) is 2.95. The molecule has 0 fully saturated rings. The lowest BCUT2D eigenvalue weighted by atomic mass is 10.2. The summed E-state index contributed by atoms with van der Waals surface area (Å²) in [5.41, 5.74) is 0. The molecule has 2 aromatic rings. The van der Waals surface area contributed by atoms with Gasteiger partial charge in [0.1, 0.15) is 5.75 Å². The van der Waals surface area contributed by atoms with Crippen LogP contribution in [0.5, 0.6) is 11.5 Å². The van der Waals surface area contributed by atoms with Crippen LogP contribution in [0.1, 0.15) is 6.92 Å². The van der Waals surface area contributed by atoms with Crippen LogP contribution in [-0.4, -0.2) is 11.7 Å². The first-order valence-electron chi connectivity index (χ1n) is 4.25. The summed E-state index contributed by atoms with van der Waals surface area (Å²) in [5, 5.41) is 11.5. The molecule has 0 aliphatic rings. The van der Waals surface area contributed by atoms with Crippen molar-refractivity contribution in [1.29, 1.82) is 0 Å². The zero-order valence-corrected chi connectivity index (χ0v) is 8.40. The van der Waals surface area contributed by atoms with E-state index in [1.54, 1.807) is 11.4 Å².